The number of fused-ring (bicyclic) bond motifs is 1. The van der Waals surface area contributed by atoms with Gasteiger partial charge in [-0.3, -0.25) is 4.79 Å². The molecule has 1 aromatic carbocycles. The van der Waals surface area contributed by atoms with E-state index in [0.717, 1.165) is 28.5 Å². The summed E-state index contributed by atoms with van der Waals surface area (Å²) in [7, 11) is 0. The number of carbonyl (C=O) groups excluding carboxylic acids is 1. The number of aryl methyl sites for hydroxylation is 3. The molecule has 8 heteroatoms. The number of anilines is 2. The van der Waals surface area contributed by atoms with Crippen molar-refractivity contribution in [3.05, 3.63) is 51.5 Å². The summed E-state index contributed by atoms with van der Waals surface area (Å²) in [4.78, 5) is 16.5. The van der Waals surface area contributed by atoms with Gasteiger partial charge in [-0.1, -0.05) is 12.1 Å². The summed E-state index contributed by atoms with van der Waals surface area (Å²) in [5.74, 6) is -0.466. The molecule has 0 spiro atoms. The zero-order valence-corrected chi connectivity index (χ0v) is 15.1. The standard InChI is InChI=1S/C18H16F3N3OS/c1-8-4-5-9(2)11(6-8)23-16(25)15-14(22)13-10(3)7-12(18(19,20)21)24-17(13)26-15/h4-7H,22H2,1-3H3,(H,23,25). The van der Waals surface area contributed by atoms with Crippen LogP contribution in [0.2, 0.25) is 0 Å². The number of benzene rings is 1. The number of rotatable bonds is 2. The van der Waals surface area contributed by atoms with Gasteiger partial charge in [0.1, 0.15) is 15.4 Å². The Bertz CT molecular complexity index is 1020. The van der Waals surface area contributed by atoms with Crippen molar-refractivity contribution in [1.82, 2.24) is 4.98 Å². The number of carbonyl (C=O) groups is 1. The Morgan fingerprint density at radius 3 is 2.50 bits per heavy atom. The van der Waals surface area contributed by atoms with Crippen LogP contribution in [0, 0.1) is 20.8 Å². The maximum absolute atomic E-state index is 13.0. The summed E-state index contributed by atoms with van der Waals surface area (Å²) in [6.45, 7) is 5.27. The number of hydrogen-bond acceptors (Lipinski definition) is 4. The fourth-order valence-electron chi connectivity index (χ4n) is 2.67. The topological polar surface area (TPSA) is 68.0 Å². The van der Waals surface area contributed by atoms with E-state index in [2.05, 4.69) is 10.3 Å². The van der Waals surface area contributed by atoms with Gasteiger partial charge in [-0.05, 0) is 49.6 Å². The van der Waals surface area contributed by atoms with E-state index < -0.39 is 17.8 Å². The number of amides is 1. The number of pyridine rings is 1. The molecule has 3 aromatic rings. The first-order chi connectivity index (χ1) is 12.1. The molecule has 136 valence electrons. The lowest BCUT2D eigenvalue weighted by Crippen LogP contribution is -2.13. The third-order valence-corrected chi connectivity index (χ3v) is 5.13. The molecule has 3 rings (SSSR count). The highest BCUT2D eigenvalue weighted by Gasteiger charge is 2.34. The lowest BCUT2D eigenvalue weighted by atomic mass is 10.1. The quantitative estimate of drug-likeness (QED) is 0.653. The Balaban J connectivity index is 2.05. The first kappa shape index (κ1) is 18.2. The minimum absolute atomic E-state index is 0.0981. The number of aromatic nitrogens is 1. The Hall–Kier alpha value is -2.61. The Morgan fingerprint density at radius 1 is 1.15 bits per heavy atom. The van der Waals surface area contributed by atoms with Crippen LogP contribution in [0.15, 0.2) is 24.3 Å². The van der Waals surface area contributed by atoms with Crippen LogP contribution in [0.3, 0.4) is 0 Å². The SMILES string of the molecule is Cc1ccc(C)c(NC(=O)c2sc3nc(C(F)(F)F)cc(C)c3c2N)c1. The van der Waals surface area contributed by atoms with Gasteiger partial charge in [-0.2, -0.15) is 13.2 Å². The second kappa shape index (κ2) is 6.28. The van der Waals surface area contributed by atoms with E-state index >= 15 is 0 Å². The van der Waals surface area contributed by atoms with Crippen molar-refractivity contribution in [3.8, 4) is 0 Å². The van der Waals surface area contributed by atoms with Crippen LogP contribution in [0.25, 0.3) is 10.2 Å². The third-order valence-electron chi connectivity index (χ3n) is 4.03. The highest BCUT2D eigenvalue weighted by Crippen LogP contribution is 2.38. The molecule has 0 fully saturated rings. The predicted octanol–water partition coefficient (Wildman–Crippen LogP) is 5.07. The van der Waals surface area contributed by atoms with E-state index in [1.54, 1.807) is 0 Å². The molecule has 0 aliphatic heterocycles. The van der Waals surface area contributed by atoms with Crippen LogP contribution in [0.1, 0.15) is 32.1 Å². The first-order valence-electron chi connectivity index (χ1n) is 7.73. The normalized spacial score (nSPS) is 11.8. The molecule has 0 saturated carbocycles. The Labute approximate surface area is 151 Å². The Kier molecular flexibility index (Phi) is 4.39. The largest absolute Gasteiger partial charge is 0.433 e. The molecule has 0 aliphatic rings. The maximum atomic E-state index is 13.0. The van der Waals surface area contributed by atoms with Crippen LogP contribution in [-0.2, 0) is 6.18 Å². The minimum atomic E-state index is -4.56. The smallest absolute Gasteiger partial charge is 0.397 e. The van der Waals surface area contributed by atoms with Gasteiger partial charge >= 0.3 is 6.18 Å². The van der Waals surface area contributed by atoms with Gasteiger partial charge in [0.05, 0.1) is 5.69 Å². The summed E-state index contributed by atoms with van der Waals surface area (Å²) in [5, 5.41) is 3.16. The second-order valence-electron chi connectivity index (χ2n) is 6.12. The zero-order chi connectivity index (χ0) is 19.2. The molecule has 1 amide bonds. The lowest BCUT2D eigenvalue weighted by Gasteiger charge is -2.09. The number of nitrogens with zero attached hydrogens (tertiary/aromatic N) is 1. The predicted molar refractivity (Wildman–Crippen MR) is 97.6 cm³/mol. The van der Waals surface area contributed by atoms with Crippen molar-refractivity contribution >= 4 is 38.8 Å². The molecule has 26 heavy (non-hydrogen) atoms. The van der Waals surface area contributed by atoms with E-state index in [-0.39, 0.29) is 15.4 Å². The van der Waals surface area contributed by atoms with Gasteiger partial charge in [-0.15, -0.1) is 11.3 Å². The molecule has 3 N–H and O–H groups in total. The molecule has 0 bridgehead atoms. The lowest BCUT2D eigenvalue weighted by molar-refractivity contribution is -0.141. The number of alkyl halides is 3. The highest BCUT2D eigenvalue weighted by molar-refractivity contribution is 7.21. The molecular weight excluding hydrogens is 363 g/mol. The van der Waals surface area contributed by atoms with E-state index in [1.807, 2.05) is 32.0 Å². The van der Waals surface area contributed by atoms with Gasteiger partial charge in [0.25, 0.3) is 5.91 Å². The van der Waals surface area contributed by atoms with E-state index in [4.69, 9.17) is 5.73 Å². The van der Waals surface area contributed by atoms with Gasteiger partial charge < -0.3 is 11.1 Å². The fourth-order valence-corrected chi connectivity index (χ4v) is 3.74. The second-order valence-corrected chi connectivity index (χ2v) is 7.12. The van der Waals surface area contributed by atoms with Gasteiger partial charge in [0.2, 0.25) is 0 Å². The zero-order valence-electron chi connectivity index (χ0n) is 14.3. The number of nitrogen functional groups attached to an aromatic ring is 1. The van der Waals surface area contributed by atoms with Crippen molar-refractivity contribution in [2.24, 2.45) is 0 Å². The van der Waals surface area contributed by atoms with Gasteiger partial charge in [0.15, 0.2) is 0 Å². The monoisotopic (exact) mass is 379 g/mol. The summed E-state index contributed by atoms with van der Waals surface area (Å²) < 4.78 is 38.9. The molecule has 0 saturated heterocycles. The molecule has 4 nitrogen and oxygen atoms in total. The fraction of sp³-hybridized carbons (Fsp3) is 0.222. The number of nitrogens with two attached hydrogens (primary N) is 1. The molecule has 0 atom stereocenters. The van der Waals surface area contributed by atoms with Crippen molar-refractivity contribution in [3.63, 3.8) is 0 Å². The summed E-state index contributed by atoms with van der Waals surface area (Å²) in [6, 6.07) is 6.56. The van der Waals surface area contributed by atoms with E-state index in [1.165, 1.54) is 6.92 Å². The van der Waals surface area contributed by atoms with Crippen LogP contribution in [0.4, 0.5) is 24.5 Å². The average Bonchev–Trinajstić information content (AvgIpc) is 2.87. The van der Waals surface area contributed by atoms with Crippen LogP contribution in [-0.4, -0.2) is 10.9 Å². The molecular formula is C18H16F3N3OS. The summed E-state index contributed by atoms with van der Waals surface area (Å²) in [5.41, 5.74) is 8.01. The number of thiophene rings is 1. The molecule has 2 aromatic heterocycles. The summed E-state index contributed by atoms with van der Waals surface area (Å²) >= 11 is 0.858. The van der Waals surface area contributed by atoms with Gasteiger partial charge in [0, 0.05) is 11.1 Å². The molecule has 2 heterocycles. The van der Waals surface area contributed by atoms with Crippen LogP contribution >= 0.6 is 11.3 Å². The van der Waals surface area contributed by atoms with E-state index in [9.17, 15) is 18.0 Å². The number of nitrogens with one attached hydrogen (secondary N) is 1. The van der Waals surface area contributed by atoms with Crippen molar-refractivity contribution in [2.45, 2.75) is 26.9 Å². The summed E-state index contributed by atoms with van der Waals surface area (Å²) in [6.07, 6.45) is -4.56. The van der Waals surface area contributed by atoms with Crippen LogP contribution in [0.5, 0.6) is 0 Å². The van der Waals surface area contributed by atoms with Crippen molar-refractivity contribution < 1.29 is 18.0 Å². The number of hydrogen-bond donors (Lipinski definition) is 2. The van der Waals surface area contributed by atoms with Crippen molar-refractivity contribution in [1.29, 1.82) is 0 Å². The highest BCUT2D eigenvalue weighted by atomic mass is 32.1. The maximum Gasteiger partial charge on any atom is 0.433 e. The Morgan fingerprint density at radius 2 is 1.85 bits per heavy atom. The molecule has 0 radical (unpaired) electrons. The van der Waals surface area contributed by atoms with E-state index in [0.29, 0.717) is 16.6 Å². The molecule has 0 aliphatic carbocycles. The number of halogens is 3. The minimum Gasteiger partial charge on any atom is -0.397 e. The van der Waals surface area contributed by atoms with Crippen LogP contribution < -0.4 is 11.1 Å². The first-order valence-corrected chi connectivity index (χ1v) is 8.55. The molecule has 0 unspecified atom stereocenters. The van der Waals surface area contributed by atoms with Gasteiger partial charge in [-0.25, -0.2) is 4.98 Å². The third kappa shape index (κ3) is 3.24. The van der Waals surface area contributed by atoms with Crippen molar-refractivity contribution in [2.75, 3.05) is 11.1 Å². The average molecular weight is 379 g/mol.